The molecule has 0 aliphatic heterocycles. The van der Waals surface area contributed by atoms with E-state index in [1.807, 2.05) is 6.92 Å². The molecular formula is C15H24O. The first-order chi connectivity index (χ1) is 7.63. The van der Waals surface area contributed by atoms with Crippen LogP contribution in [0, 0.1) is 5.92 Å². The number of allylic oxidation sites excluding steroid dienone is 5. The smallest absolute Gasteiger partial charge is 0.0639 e. The molecule has 0 aromatic heterocycles. The highest BCUT2D eigenvalue weighted by atomic mass is 16.3. The van der Waals surface area contributed by atoms with Crippen molar-refractivity contribution in [3.05, 3.63) is 34.9 Å². The molecule has 1 aliphatic carbocycles. The van der Waals surface area contributed by atoms with E-state index in [9.17, 15) is 0 Å². The van der Waals surface area contributed by atoms with Crippen LogP contribution in [0.5, 0.6) is 0 Å². The van der Waals surface area contributed by atoms with Crippen LogP contribution in [0.2, 0.25) is 0 Å². The van der Waals surface area contributed by atoms with Crippen LogP contribution < -0.4 is 0 Å². The summed E-state index contributed by atoms with van der Waals surface area (Å²) in [5.41, 5.74) is 4.16. The first kappa shape index (κ1) is 13.2. The van der Waals surface area contributed by atoms with Gasteiger partial charge >= 0.3 is 0 Å². The first-order valence-electron chi connectivity index (χ1n) is 6.26. The molecule has 0 fully saturated rings. The van der Waals surface area contributed by atoms with Crippen LogP contribution in [0.4, 0.5) is 0 Å². The maximum absolute atomic E-state index is 8.89. The zero-order valence-corrected chi connectivity index (χ0v) is 10.8. The molecule has 0 bridgehead atoms. The molecule has 90 valence electrons. The summed E-state index contributed by atoms with van der Waals surface area (Å²) >= 11 is 0. The van der Waals surface area contributed by atoms with E-state index in [2.05, 4.69) is 32.1 Å². The van der Waals surface area contributed by atoms with Crippen molar-refractivity contribution in [2.24, 2.45) is 5.92 Å². The molecule has 1 heteroatoms. The standard InChI is InChI=1S/C15H24O/c1-12-7-9-15(10-8-12)14(3)6-4-5-13(2)11-16/h5,7,9,14,16H,4,6,8,10-11H2,1-3H3/b13-5-/t14-/m0/s1. The van der Waals surface area contributed by atoms with E-state index in [1.165, 1.54) is 24.8 Å². The van der Waals surface area contributed by atoms with Gasteiger partial charge in [-0.1, -0.05) is 41.9 Å². The van der Waals surface area contributed by atoms with Crippen molar-refractivity contribution in [3.8, 4) is 0 Å². The minimum Gasteiger partial charge on any atom is -0.392 e. The number of aliphatic hydroxyl groups is 1. The summed E-state index contributed by atoms with van der Waals surface area (Å²) in [4.78, 5) is 0. The molecule has 0 spiro atoms. The minimum atomic E-state index is 0.193. The Balaban J connectivity index is 2.38. The molecule has 0 saturated heterocycles. The largest absolute Gasteiger partial charge is 0.392 e. The fraction of sp³-hybridized carbons (Fsp3) is 0.600. The van der Waals surface area contributed by atoms with Crippen LogP contribution in [0.3, 0.4) is 0 Å². The van der Waals surface area contributed by atoms with Crippen molar-refractivity contribution in [2.75, 3.05) is 6.61 Å². The Bertz CT molecular complexity index is 307. The van der Waals surface area contributed by atoms with Gasteiger partial charge in [-0.05, 0) is 45.4 Å². The normalized spacial score (nSPS) is 19.1. The summed E-state index contributed by atoms with van der Waals surface area (Å²) in [5.74, 6) is 0.673. The van der Waals surface area contributed by atoms with Gasteiger partial charge in [0.1, 0.15) is 0 Å². The van der Waals surface area contributed by atoms with Gasteiger partial charge in [-0.15, -0.1) is 0 Å². The van der Waals surface area contributed by atoms with Gasteiger partial charge in [0.15, 0.2) is 0 Å². The second-order valence-corrected chi connectivity index (χ2v) is 4.94. The van der Waals surface area contributed by atoms with E-state index < -0.39 is 0 Å². The maximum Gasteiger partial charge on any atom is 0.0639 e. The van der Waals surface area contributed by atoms with Crippen molar-refractivity contribution in [1.82, 2.24) is 0 Å². The minimum absolute atomic E-state index is 0.193. The Morgan fingerprint density at radius 3 is 2.75 bits per heavy atom. The third kappa shape index (κ3) is 4.36. The van der Waals surface area contributed by atoms with Gasteiger partial charge in [-0.25, -0.2) is 0 Å². The number of hydrogen-bond acceptors (Lipinski definition) is 1. The summed E-state index contributed by atoms with van der Waals surface area (Å²) in [5, 5.41) is 8.89. The average Bonchev–Trinajstić information content (AvgIpc) is 2.29. The lowest BCUT2D eigenvalue weighted by Crippen LogP contribution is -2.02. The highest BCUT2D eigenvalue weighted by molar-refractivity contribution is 5.24. The SMILES string of the molecule is CC1=CC=C([C@@H](C)CC/C=C(/C)CO)CC1. The lowest BCUT2D eigenvalue weighted by atomic mass is 9.88. The van der Waals surface area contributed by atoms with Gasteiger partial charge in [0.25, 0.3) is 0 Å². The van der Waals surface area contributed by atoms with Gasteiger partial charge in [-0.3, -0.25) is 0 Å². The fourth-order valence-corrected chi connectivity index (χ4v) is 2.00. The average molecular weight is 220 g/mol. The van der Waals surface area contributed by atoms with Gasteiger partial charge in [0.05, 0.1) is 6.61 Å². The second-order valence-electron chi connectivity index (χ2n) is 4.94. The summed E-state index contributed by atoms with van der Waals surface area (Å²) in [6.07, 6.45) is 11.4. The molecule has 0 radical (unpaired) electrons. The molecule has 1 aliphatic rings. The third-order valence-electron chi connectivity index (χ3n) is 3.36. The van der Waals surface area contributed by atoms with Crippen molar-refractivity contribution in [3.63, 3.8) is 0 Å². The quantitative estimate of drug-likeness (QED) is 0.694. The van der Waals surface area contributed by atoms with E-state index in [1.54, 1.807) is 5.57 Å². The molecule has 0 heterocycles. The molecule has 16 heavy (non-hydrogen) atoms. The monoisotopic (exact) mass is 220 g/mol. The van der Waals surface area contributed by atoms with Gasteiger partial charge in [0.2, 0.25) is 0 Å². The Hall–Kier alpha value is -0.820. The number of aliphatic hydroxyl groups excluding tert-OH is 1. The van der Waals surface area contributed by atoms with E-state index in [-0.39, 0.29) is 6.61 Å². The molecule has 1 nitrogen and oxygen atoms in total. The molecule has 1 N–H and O–H groups in total. The molecule has 1 rings (SSSR count). The molecule has 0 saturated carbocycles. The molecule has 0 aromatic carbocycles. The predicted molar refractivity (Wildman–Crippen MR) is 70.3 cm³/mol. The van der Waals surface area contributed by atoms with E-state index in [4.69, 9.17) is 5.11 Å². The van der Waals surface area contributed by atoms with Crippen molar-refractivity contribution >= 4 is 0 Å². The summed E-state index contributed by atoms with van der Waals surface area (Å²) in [6, 6.07) is 0. The van der Waals surface area contributed by atoms with Crippen LogP contribution in [0.25, 0.3) is 0 Å². The maximum atomic E-state index is 8.89. The molecular weight excluding hydrogens is 196 g/mol. The Morgan fingerprint density at radius 1 is 1.44 bits per heavy atom. The molecule has 0 amide bonds. The number of rotatable bonds is 5. The summed E-state index contributed by atoms with van der Waals surface area (Å²) in [6.45, 7) is 6.68. The highest BCUT2D eigenvalue weighted by Crippen LogP contribution is 2.26. The Kier molecular flexibility index (Phi) is 5.54. The molecule has 1 atom stereocenters. The van der Waals surface area contributed by atoms with Crippen molar-refractivity contribution in [2.45, 2.75) is 46.5 Å². The van der Waals surface area contributed by atoms with Gasteiger partial charge in [0, 0.05) is 0 Å². The zero-order chi connectivity index (χ0) is 12.0. The van der Waals surface area contributed by atoms with Crippen LogP contribution >= 0.6 is 0 Å². The highest BCUT2D eigenvalue weighted by Gasteiger charge is 2.10. The molecule has 0 aromatic rings. The van der Waals surface area contributed by atoms with Crippen molar-refractivity contribution in [1.29, 1.82) is 0 Å². The second kappa shape index (κ2) is 6.70. The lowest BCUT2D eigenvalue weighted by molar-refractivity contribution is 0.330. The van der Waals surface area contributed by atoms with Crippen LogP contribution in [0.15, 0.2) is 34.9 Å². The number of hydrogen-bond donors (Lipinski definition) is 1. The van der Waals surface area contributed by atoms with E-state index >= 15 is 0 Å². The predicted octanol–water partition coefficient (Wildman–Crippen LogP) is 4.01. The van der Waals surface area contributed by atoms with Crippen LogP contribution in [0.1, 0.15) is 46.5 Å². The van der Waals surface area contributed by atoms with Crippen LogP contribution in [-0.2, 0) is 0 Å². The third-order valence-corrected chi connectivity index (χ3v) is 3.36. The van der Waals surface area contributed by atoms with Gasteiger partial charge < -0.3 is 5.11 Å². The topological polar surface area (TPSA) is 20.2 Å². The summed E-state index contributed by atoms with van der Waals surface area (Å²) in [7, 11) is 0. The Labute approximate surface area is 99.6 Å². The van der Waals surface area contributed by atoms with Gasteiger partial charge in [-0.2, -0.15) is 0 Å². The van der Waals surface area contributed by atoms with E-state index in [0.29, 0.717) is 5.92 Å². The zero-order valence-electron chi connectivity index (χ0n) is 10.8. The first-order valence-corrected chi connectivity index (χ1v) is 6.26. The lowest BCUT2D eigenvalue weighted by Gasteiger charge is -2.18. The van der Waals surface area contributed by atoms with Crippen LogP contribution in [-0.4, -0.2) is 11.7 Å². The summed E-state index contributed by atoms with van der Waals surface area (Å²) < 4.78 is 0. The van der Waals surface area contributed by atoms with Crippen molar-refractivity contribution < 1.29 is 5.11 Å². The molecule has 0 unspecified atom stereocenters. The fourth-order valence-electron chi connectivity index (χ4n) is 2.00. The Morgan fingerprint density at radius 2 is 2.19 bits per heavy atom. The van der Waals surface area contributed by atoms with E-state index in [0.717, 1.165) is 12.0 Å².